The van der Waals surface area contributed by atoms with E-state index in [1.807, 2.05) is 24.3 Å². The summed E-state index contributed by atoms with van der Waals surface area (Å²) in [7, 11) is -3.61. The molecule has 10 heteroatoms. The number of hydrogen-bond donors (Lipinski definition) is 0. The number of rotatable bonds is 5. The van der Waals surface area contributed by atoms with Crippen molar-refractivity contribution >= 4 is 20.8 Å². The minimum absolute atomic E-state index is 0.204. The summed E-state index contributed by atoms with van der Waals surface area (Å²) in [6.45, 7) is 1.06. The van der Waals surface area contributed by atoms with E-state index < -0.39 is 10.0 Å². The van der Waals surface area contributed by atoms with Crippen molar-refractivity contribution in [2.24, 2.45) is 0 Å². The van der Waals surface area contributed by atoms with Gasteiger partial charge < -0.3 is 0 Å². The van der Waals surface area contributed by atoms with Crippen LogP contribution in [-0.2, 0) is 10.0 Å². The molecule has 186 valence electrons. The Morgan fingerprint density at radius 1 is 0.865 bits per heavy atom. The van der Waals surface area contributed by atoms with Crippen molar-refractivity contribution in [3.63, 3.8) is 0 Å². The number of pyridine rings is 1. The van der Waals surface area contributed by atoms with E-state index in [1.165, 1.54) is 15.1 Å². The van der Waals surface area contributed by atoms with Gasteiger partial charge >= 0.3 is 0 Å². The first kappa shape index (κ1) is 23.3. The molecule has 0 atom stereocenters. The predicted octanol–water partition coefficient (Wildman–Crippen LogP) is 3.81. The smallest absolute Gasteiger partial charge is 0.243 e. The number of nitrogens with zero attached hydrogens (tertiary/aromatic N) is 6. The zero-order valence-electron chi connectivity index (χ0n) is 19.9. The van der Waals surface area contributed by atoms with Crippen LogP contribution in [0.4, 0.5) is 0 Å². The van der Waals surface area contributed by atoms with Gasteiger partial charge in [0.25, 0.3) is 0 Å². The molecule has 1 aliphatic rings. The van der Waals surface area contributed by atoms with E-state index in [0.29, 0.717) is 24.5 Å². The van der Waals surface area contributed by atoms with Crippen LogP contribution in [-0.4, -0.2) is 50.4 Å². The lowest BCUT2D eigenvalue weighted by molar-refractivity contribution is 0.346. The first-order valence-electron chi connectivity index (χ1n) is 12.1. The minimum Gasteiger partial charge on any atom is -0.287 e. The van der Waals surface area contributed by atoms with Gasteiger partial charge in [-0.3, -0.25) is 9.78 Å². The molecule has 6 rings (SSSR count). The lowest BCUT2D eigenvalue weighted by atomic mass is 10.1. The first-order chi connectivity index (χ1) is 18.0. The second-order valence-corrected chi connectivity index (χ2v) is 10.9. The quantitative estimate of drug-likeness (QED) is 0.355. The summed E-state index contributed by atoms with van der Waals surface area (Å²) in [4.78, 5) is 17.4. The van der Waals surface area contributed by atoms with Crippen LogP contribution in [0.2, 0.25) is 0 Å². The minimum atomic E-state index is -3.61. The lowest BCUT2D eigenvalue weighted by Crippen LogP contribution is -2.35. The maximum Gasteiger partial charge on any atom is 0.243 e. The summed E-state index contributed by atoms with van der Waals surface area (Å²) in [6.07, 6.45) is 9.44. The van der Waals surface area contributed by atoms with Crippen LogP contribution in [0, 0.1) is 0 Å². The summed E-state index contributed by atoms with van der Waals surface area (Å²) < 4.78 is 31.2. The normalized spacial score (nSPS) is 14.7. The first-order valence-corrected chi connectivity index (χ1v) is 13.5. The van der Waals surface area contributed by atoms with Gasteiger partial charge in [0.1, 0.15) is 0 Å². The van der Waals surface area contributed by atoms with Gasteiger partial charge in [-0.15, -0.1) is 0 Å². The van der Waals surface area contributed by atoms with Crippen molar-refractivity contribution in [1.29, 1.82) is 0 Å². The second-order valence-electron chi connectivity index (χ2n) is 8.94. The van der Waals surface area contributed by atoms with E-state index >= 15 is 0 Å². The third-order valence-corrected chi connectivity index (χ3v) is 8.51. The Morgan fingerprint density at radius 2 is 1.70 bits per heavy atom. The molecule has 9 nitrogen and oxygen atoms in total. The van der Waals surface area contributed by atoms with Crippen LogP contribution >= 0.6 is 0 Å². The SMILES string of the molecule is O=c1ccn(-c2cccc(S(=O)(=O)N3CCCCC3)c2)nc1-c1ccnn1-c1cccc2cnccc12. The Hall–Kier alpha value is -4.15. The Bertz CT molecular complexity index is 1770. The number of benzene rings is 2. The van der Waals surface area contributed by atoms with Gasteiger partial charge in [0.15, 0.2) is 5.69 Å². The summed E-state index contributed by atoms with van der Waals surface area (Å²) in [6, 6.07) is 17.5. The molecule has 0 N–H and O–H groups in total. The average molecular weight is 513 g/mol. The van der Waals surface area contributed by atoms with E-state index in [9.17, 15) is 13.2 Å². The van der Waals surface area contributed by atoms with Crippen molar-refractivity contribution in [2.75, 3.05) is 13.1 Å². The summed E-state index contributed by atoms with van der Waals surface area (Å²) in [5.74, 6) is 0. The Balaban J connectivity index is 1.42. The van der Waals surface area contributed by atoms with Crippen LogP contribution in [0.25, 0.3) is 33.5 Å². The van der Waals surface area contributed by atoms with Gasteiger partial charge in [0.05, 0.1) is 28.2 Å². The molecule has 0 unspecified atom stereocenters. The van der Waals surface area contributed by atoms with E-state index in [2.05, 4.69) is 15.2 Å². The Morgan fingerprint density at radius 3 is 2.57 bits per heavy atom. The Labute approximate surface area is 213 Å². The molecule has 37 heavy (non-hydrogen) atoms. The maximum absolute atomic E-state index is 13.2. The summed E-state index contributed by atoms with van der Waals surface area (Å²) in [5.41, 5.74) is 1.81. The summed E-state index contributed by atoms with van der Waals surface area (Å²) in [5, 5.41) is 11.0. The van der Waals surface area contributed by atoms with E-state index in [4.69, 9.17) is 0 Å². The third kappa shape index (κ3) is 4.24. The number of piperidine rings is 1. The van der Waals surface area contributed by atoms with Gasteiger partial charge in [0.2, 0.25) is 15.5 Å². The molecule has 0 radical (unpaired) electrons. The van der Waals surface area contributed by atoms with Gasteiger partial charge in [-0.05, 0) is 49.2 Å². The van der Waals surface area contributed by atoms with Crippen LogP contribution in [0.3, 0.4) is 0 Å². The van der Waals surface area contributed by atoms with Crippen molar-refractivity contribution in [1.82, 2.24) is 28.9 Å². The molecule has 1 aliphatic heterocycles. The molecule has 5 aromatic rings. The molecular formula is C27H24N6O3S. The van der Waals surface area contributed by atoms with Crippen molar-refractivity contribution in [2.45, 2.75) is 24.2 Å². The van der Waals surface area contributed by atoms with E-state index in [-0.39, 0.29) is 16.0 Å². The van der Waals surface area contributed by atoms with Crippen LogP contribution in [0.1, 0.15) is 19.3 Å². The average Bonchev–Trinajstić information content (AvgIpc) is 3.43. The molecule has 0 saturated carbocycles. The lowest BCUT2D eigenvalue weighted by Gasteiger charge is -2.26. The van der Waals surface area contributed by atoms with Crippen LogP contribution in [0.15, 0.2) is 95.1 Å². The molecule has 2 aromatic carbocycles. The second kappa shape index (κ2) is 9.38. The third-order valence-electron chi connectivity index (χ3n) is 6.61. The fourth-order valence-electron chi connectivity index (χ4n) is 4.73. The van der Waals surface area contributed by atoms with Gasteiger partial charge in [0, 0.05) is 48.5 Å². The zero-order valence-corrected chi connectivity index (χ0v) is 20.8. The number of hydrogen-bond acceptors (Lipinski definition) is 6. The fourth-order valence-corrected chi connectivity index (χ4v) is 6.29. The monoisotopic (exact) mass is 512 g/mol. The molecule has 0 amide bonds. The van der Waals surface area contributed by atoms with Gasteiger partial charge in [-0.25, -0.2) is 17.8 Å². The van der Waals surface area contributed by atoms with E-state index in [1.54, 1.807) is 59.8 Å². The number of sulfonamides is 1. The number of aromatic nitrogens is 5. The topological polar surface area (TPSA) is 103 Å². The highest BCUT2D eigenvalue weighted by Gasteiger charge is 2.26. The van der Waals surface area contributed by atoms with Gasteiger partial charge in [-0.2, -0.15) is 14.5 Å². The van der Waals surface area contributed by atoms with Crippen molar-refractivity contribution < 1.29 is 8.42 Å². The highest BCUT2D eigenvalue weighted by atomic mass is 32.2. The molecule has 4 heterocycles. The maximum atomic E-state index is 13.2. The fraction of sp³-hybridized carbons (Fsp3) is 0.185. The highest BCUT2D eigenvalue weighted by Crippen LogP contribution is 2.26. The van der Waals surface area contributed by atoms with Crippen molar-refractivity contribution in [3.05, 3.63) is 95.7 Å². The zero-order chi connectivity index (χ0) is 25.4. The molecule has 0 spiro atoms. The molecule has 0 bridgehead atoms. The molecule has 0 aliphatic carbocycles. The summed E-state index contributed by atoms with van der Waals surface area (Å²) >= 11 is 0. The highest BCUT2D eigenvalue weighted by molar-refractivity contribution is 7.89. The largest absolute Gasteiger partial charge is 0.287 e. The van der Waals surface area contributed by atoms with Crippen molar-refractivity contribution in [3.8, 4) is 22.8 Å². The molecule has 3 aromatic heterocycles. The van der Waals surface area contributed by atoms with Gasteiger partial charge in [-0.1, -0.05) is 24.6 Å². The molecule has 1 saturated heterocycles. The molecule has 1 fully saturated rings. The number of fused-ring (bicyclic) bond motifs is 1. The standard InChI is InChI=1S/C27H24N6O3S/c34-26-12-17-32(21-7-5-8-22(18-21)37(35,36)31-15-2-1-3-16-31)30-27(26)25-11-14-29-33(25)24-9-4-6-20-19-28-13-10-23(20)24/h4-14,17-19H,1-3,15-16H2. The molecular weight excluding hydrogens is 488 g/mol. The predicted molar refractivity (Wildman–Crippen MR) is 140 cm³/mol. The van der Waals surface area contributed by atoms with Crippen LogP contribution < -0.4 is 5.43 Å². The Kier molecular flexibility index (Phi) is 5.90. The van der Waals surface area contributed by atoms with Crippen LogP contribution in [0.5, 0.6) is 0 Å². The van der Waals surface area contributed by atoms with E-state index in [0.717, 1.165) is 35.7 Å².